The number of amides is 2. The first-order valence-corrected chi connectivity index (χ1v) is 8.46. The number of rotatable bonds is 4. The highest BCUT2D eigenvalue weighted by molar-refractivity contribution is 8.01. The van der Waals surface area contributed by atoms with Crippen molar-refractivity contribution in [3.63, 3.8) is 0 Å². The molecule has 118 valence electrons. The van der Waals surface area contributed by atoms with E-state index in [2.05, 4.69) is 5.32 Å². The molecule has 0 aliphatic carbocycles. The number of hydrogen-bond acceptors (Lipinski definition) is 3. The van der Waals surface area contributed by atoms with E-state index in [1.165, 1.54) is 12.1 Å². The Morgan fingerprint density at radius 3 is 2.91 bits per heavy atom. The molecule has 0 aromatic heterocycles. The molecule has 2 saturated heterocycles. The van der Waals surface area contributed by atoms with Crippen LogP contribution in [0.3, 0.4) is 0 Å². The van der Waals surface area contributed by atoms with E-state index in [4.69, 9.17) is 0 Å². The highest BCUT2D eigenvalue weighted by Crippen LogP contribution is 2.47. The lowest BCUT2D eigenvalue weighted by Gasteiger charge is -2.29. The first kappa shape index (κ1) is 15.3. The first-order valence-electron chi connectivity index (χ1n) is 7.48. The van der Waals surface area contributed by atoms with E-state index in [0.717, 1.165) is 12.0 Å². The molecule has 0 saturated carbocycles. The summed E-state index contributed by atoms with van der Waals surface area (Å²) in [5.74, 6) is 0.382. The van der Waals surface area contributed by atoms with Gasteiger partial charge in [0.25, 0.3) is 0 Å². The molecule has 0 spiro atoms. The Bertz CT molecular complexity index is 592. The molecule has 2 heterocycles. The van der Waals surface area contributed by atoms with Gasteiger partial charge in [0.1, 0.15) is 11.9 Å². The average molecular weight is 322 g/mol. The summed E-state index contributed by atoms with van der Waals surface area (Å²) in [4.78, 5) is 25.9. The van der Waals surface area contributed by atoms with Crippen LogP contribution >= 0.6 is 11.8 Å². The predicted molar refractivity (Wildman–Crippen MR) is 83.8 cm³/mol. The molecule has 4 nitrogen and oxygen atoms in total. The van der Waals surface area contributed by atoms with Crippen molar-refractivity contribution in [2.75, 3.05) is 12.3 Å². The van der Waals surface area contributed by atoms with Crippen LogP contribution in [0.2, 0.25) is 0 Å². The summed E-state index contributed by atoms with van der Waals surface area (Å²) in [6.07, 6.45) is 2.00. The molecule has 0 unspecified atom stereocenters. The van der Waals surface area contributed by atoms with Gasteiger partial charge in [0.15, 0.2) is 0 Å². The molecule has 2 amide bonds. The Morgan fingerprint density at radius 1 is 1.45 bits per heavy atom. The maximum absolute atomic E-state index is 12.8. The third-order valence-electron chi connectivity index (χ3n) is 4.37. The molecule has 2 fully saturated rings. The lowest BCUT2D eigenvalue weighted by Crippen LogP contribution is -2.50. The Hall–Kier alpha value is -1.56. The van der Waals surface area contributed by atoms with E-state index in [9.17, 15) is 14.0 Å². The third kappa shape index (κ3) is 2.84. The number of carbonyl (C=O) groups is 2. The fourth-order valence-electron chi connectivity index (χ4n) is 3.11. The van der Waals surface area contributed by atoms with Crippen LogP contribution in [0.4, 0.5) is 4.39 Å². The van der Waals surface area contributed by atoms with Gasteiger partial charge in [-0.2, -0.15) is 0 Å². The zero-order chi connectivity index (χ0) is 15.7. The maximum atomic E-state index is 12.8. The predicted octanol–water partition coefficient (Wildman–Crippen LogP) is 1.94. The summed E-state index contributed by atoms with van der Waals surface area (Å²) in [5.41, 5.74) is 0.976. The van der Waals surface area contributed by atoms with Crippen molar-refractivity contribution in [1.29, 1.82) is 0 Å². The van der Waals surface area contributed by atoms with Crippen LogP contribution in [-0.4, -0.2) is 39.9 Å². The van der Waals surface area contributed by atoms with Gasteiger partial charge in [-0.25, -0.2) is 4.39 Å². The smallest absolute Gasteiger partial charge is 0.243 e. The normalized spacial score (nSPS) is 27.1. The Morgan fingerprint density at radius 2 is 2.18 bits per heavy atom. The van der Waals surface area contributed by atoms with Gasteiger partial charge in [-0.15, -0.1) is 11.8 Å². The van der Waals surface area contributed by atoms with Crippen LogP contribution in [0.25, 0.3) is 0 Å². The van der Waals surface area contributed by atoms with Gasteiger partial charge < -0.3 is 10.2 Å². The number of hydrogen-bond donors (Lipinski definition) is 1. The number of fused-ring (bicyclic) bond motifs is 1. The fourth-order valence-corrected chi connectivity index (χ4v) is 4.55. The van der Waals surface area contributed by atoms with Gasteiger partial charge in [-0.1, -0.05) is 12.1 Å². The second-order valence-electron chi connectivity index (χ2n) is 5.93. The van der Waals surface area contributed by atoms with Crippen molar-refractivity contribution < 1.29 is 14.0 Å². The lowest BCUT2D eigenvalue weighted by atomic mass is 10.1. The average Bonchev–Trinajstić information content (AvgIpc) is 2.98. The molecular weight excluding hydrogens is 303 g/mol. The molecule has 22 heavy (non-hydrogen) atoms. The highest BCUT2D eigenvalue weighted by atomic mass is 32.2. The van der Waals surface area contributed by atoms with Crippen molar-refractivity contribution in [1.82, 2.24) is 10.2 Å². The molecule has 0 bridgehead atoms. The Kier molecular flexibility index (Phi) is 4.12. The standard InChI is InChI=1S/C16H19FN2O2S/c1-16-8-6-14(20)19(16)13(10-22-16)15(21)18-9-7-11-2-4-12(17)5-3-11/h2-5,13H,6-10H2,1H3,(H,18,21)/t13-,16+/m1/s1. The Labute approximate surface area is 133 Å². The minimum atomic E-state index is -0.363. The van der Waals surface area contributed by atoms with Crippen LogP contribution in [0.15, 0.2) is 24.3 Å². The van der Waals surface area contributed by atoms with Crippen molar-refractivity contribution in [2.24, 2.45) is 0 Å². The van der Waals surface area contributed by atoms with E-state index < -0.39 is 0 Å². The largest absolute Gasteiger partial charge is 0.354 e. The van der Waals surface area contributed by atoms with Crippen molar-refractivity contribution in [3.8, 4) is 0 Å². The molecule has 6 heteroatoms. The molecular formula is C16H19FN2O2S. The minimum Gasteiger partial charge on any atom is -0.354 e. The molecule has 2 aliphatic heterocycles. The van der Waals surface area contributed by atoms with Gasteiger partial charge in [0, 0.05) is 18.7 Å². The second kappa shape index (κ2) is 5.91. The van der Waals surface area contributed by atoms with E-state index >= 15 is 0 Å². The van der Waals surface area contributed by atoms with Gasteiger partial charge in [-0.05, 0) is 37.5 Å². The fraction of sp³-hybridized carbons (Fsp3) is 0.500. The molecule has 2 aliphatic rings. The summed E-state index contributed by atoms with van der Waals surface area (Å²) < 4.78 is 12.8. The summed E-state index contributed by atoms with van der Waals surface area (Å²) in [5, 5.41) is 2.90. The van der Waals surface area contributed by atoms with Crippen molar-refractivity contribution in [3.05, 3.63) is 35.6 Å². The van der Waals surface area contributed by atoms with Crippen LogP contribution in [0, 0.1) is 5.82 Å². The number of nitrogens with zero attached hydrogens (tertiary/aromatic N) is 1. The number of carbonyl (C=O) groups excluding carboxylic acids is 2. The van der Waals surface area contributed by atoms with Gasteiger partial charge in [-0.3, -0.25) is 9.59 Å². The van der Waals surface area contributed by atoms with Gasteiger partial charge in [0.2, 0.25) is 11.8 Å². The zero-order valence-corrected chi connectivity index (χ0v) is 13.3. The number of nitrogens with one attached hydrogen (secondary N) is 1. The summed E-state index contributed by atoms with van der Waals surface area (Å²) in [6.45, 7) is 2.53. The molecule has 1 aromatic carbocycles. The van der Waals surface area contributed by atoms with Crippen molar-refractivity contribution >= 4 is 23.6 Å². The zero-order valence-electron chi connectivity index (χ0n) is 12.5. The van der Waals surface area contributed by atoms with Crippen LogP contribution in [-0.2, 0) is 16.0 Å². The highest BCUT2D eigenvalue weighted by Gasteiger charge is 2.52. The van der Waals surface area contributed by atoms with E-state index in [1.54, 1.807) is 28.8 Å². The molecule has 3 rings (SSSR count). The van der Waals surface area contributed by atoms with Gasteiger partial charge >= 0.3 is 0 Å². The van der Waals surface area contributed by atoms with Crippen LogP contribution in [0.1, 0.15) is 25.3 Å². The van der Waals surface area contributed by atoms with E-state index in [-0.39, 0.29) is 28.5 Å². The van der Waals surface area contributed by atoms with Crippen LogP contribution in [0.5, 0.6) is 0 Å². The SMILES string of the molecule is C[C@]12CCC(=O)N1[C@@H](C(=O)NCCc1ccc(F)cc1)CS2. The van der Waals surface area contributed by atoms with Crippen molar-refractivity contribution in [2.45, 2.75) is 37.1 Å². The summed E-state index contributed by atoms with van der Waals surface area (Å²) in [7, 11) is 0. The maximum Gasteiger partial charge on any atom is 0.243 e. The number of halogens is 1. The number of thioether (sulfide) groups is 1. The molecule has 1 aromatic rings. The lowest BCUT2D eigenvalue weighted by molar-refractivity contribution is -0.137. The molecule has 1 N–H and O–H groups in total. The van der Waals surface area contributed by atoms with Crippen LogP contribution < -0.4 is 5.32 Å². The number of benzene rings is 1. The Balaban J connectivity index is 1.54. The molecule has 2 atom stereocenters. The summed E-state index contributed by atoms with van der Waals surface area (Å²) in [6, 6.07) is 5.90. The second-order valence-corrected chi connectivity index (χ2v) is 7.43. The monoisotopic (exact) mass is 322 g/mol. The van der Waals surface area contributed by atoms with E-state index in [1.807, 2.05) is 6.92 Å². The van der Waals surface area contributed by atoms with E-state index in [0.29, 0.717) is 25.1 Å². The molecule has 0 radical (unpaired) electrons. The first-order chi connectivity index (χ1) is 10.5. The third-order valence-corrected chi connectivity index (χ3v) is 5.88. The quantitative estimate of drug-likeness (QED) is 0.922. The van der Waals surface area contributed by atoms with Gasteiger partial charge in [0.05, 0.1) is 4.87 Å². The minimum absolute atomic E-state index is 0.0752. The topological polar surface area (TPSA) is 49.4 Å². The summed E-state index contributed by atoms with van der Waals surface area (Å²) >= 11 is 1.69.